The second kappa shape index (κ2) is 11.6. The Labute approximate surface area is 164 Å². The molecule has 2 heteroatoms. The summed E-state index contributed by atoms with van der Waals surface area (Å²) in [6.45, 7) is 16.0. The average molecular weight is 373 g/mol. The molecule has 1 rings (SSSR count). The Hall–Kier alpha value is -1.12. The summed E-state index contributed by atoms with van der Waals surface area (Å²) in [7, 11) is -1.91. The summed E-state index contributed by atoms with van der Waals surface area (Å²) in [4.78, 5) is 0. The molecule has 0 aromatic heterocycles. The van der Waals surface area contributed by atoms with Gasteiger partial charge in [0.2, 0.25) is 0 Å². The van der Waals surface area contributed by atoms with E-state index in [0.717, 1.165) is 12.8 Å². The molecular formula is C24H40OSi. The van der Waals surface area contributed by atoms with Crippen molar-refractivity contribution >= 4 is 8.32 Å². The van der Waals surface area contributed by atoms with Gasteiger partial charge < -0.3 is 4.43 Å². The molecule has 1 unspecified atom stereocenters. The van der Waals surface area contributed by atoms with Crippen LogP contribution in [-0.4, -0.2) is 8.32 Å². The van der Waals surface area contributed by atoms with Crippen LogP contribution in [0.2, 0.25) is 16.6 Å². The van der Waals surface area contributed by atoms with Crippen LogP contribution in [0.5, 0.6) is 0 Å². The van der Waals surface area contributed by atoms with Gasteiger partial charge in [0.05, 0.1) is 0 Å². The van der Waals surface area contributed by atoms with E-state index >= 15 is 0 Å². The lowest BCUT2D eigenvalue weighted by atomic mass is 9.89. The zero-order valence-corrected chi connectivity index (χ0v) is 19.2. The van der Waals surface area contributed by atoms with Crippen molar-refractivity contribution in [1.29, 1.82) is 0 Å². The fourth-order valence-corrected chi connectivity index (χ4v) is 9.55. The molecule has 1 aliphatic rings. The van der Waals surface area contributed by atoms with Crippen LogP contribution in [0.15, 0.2) is 11.6 Å². The third-order valence-electron chi connectivity index (χ3n) is 5.86. The second-order valence-corrected chi connectivity index (χ2v) is 14.1. The Balaban J connectivity index is 2.78. The maximum absolute atomic E-state index is 6.27. The maximum atomic E-state index is 6.27. The molecule has 146 valence electrons. The standard InChI is InChI=1S/C24H40OSi/c1-8-14-23(19-24-15-10-9-11-16-24)17-12-13-18-25-26(20(2)3,21(4)5)22(6)7/h15,20-23H,8-11,14,16,19H2,1-7H3. The van der Waals surface area contributed by atoms with Crippen molar-refractivity contribution in [2.75, 3.05) is 0 Å². The van der Waals surface area contributed by atoms with Gasteiger partial charge in [-0.25, -0.2) is 0 Å². The molecule has 0 amide bonds. The molecule has 0 aliphatic heterocycles. The first kappa shape index (κ1) is 22.9. The van der Waals surface area contributed by atoms with Gasteiger partial charge in [-0.1, -0.05) is 72.5 Å². The van der Waals surface area contributed by atoms with Crippen LogP contribution in [0.4, 0.5) is 0 Å². The molecule has 1 aliphatic carbocycles. The lowest BCUT2D eigenvalue weighted by Crippen LogP contribution is -2.46. The highest BCUT2D eigenvalue weighted by atomic mass is 28.4. The van der Waals surface area contributed by atoms with E-state index in [9.17, 15) is 0 Å². The van der Waals surface area contributed by atoms with Crippen LogP contribution < -0.4 is 0 Å². The summed E-state index contributed by atoms with van der Waals surface area (Å²) >= 11 is 0. The van der Waals surface area contributed by atoms with Gasteiger partial charge in [-0.3, -0.25) is 0 Å². The summed E-state index contributed by atoms with van der Waals surface area (Å²) in [5, 5.41) is 0. The molecule has 26 heavy (non-hydrogen) atoms. The summed E-state index contributed by atoms with van der Waals surface area (Å²) in [6.07, 6.45) is 14.1. The SMILES string of the molecule is CCCC(C#CC#CO[Si](C(C)C)(C(C)C)C(C)C)CC1=CCCCC1. The normalized spacial score (nSPS) is 15.8. The van der Waals surface area contributed by atoms with E-state index < -0.39 is 8.32 Å². The van der Waals surface area contributed by atoms with E-state index in [1.165, 1.54) is 32.1 Å². The highest BCUT2D eigenvalue weighted by molar-refractivity contribution is 6.77. The molecule has 0 saturated carbocycles. The molecule has 1 atom stereocenters. The lowest BCUT2D eigenvalue weighted by molar-refractivity contribution is 0.447. The average Bonchev–Trinajstić information content (AvgIpc) is 2.58. The van der Waals surface area contributed by atoms with E-state index in [1.807, 2.05) is 0 Å². The van der Waals surface area contributed by atoms with Crippen LogP contribution in [0.3, 0.4) is 0 Å². The summed E-state index contributed by atoms with van der Waals surface area (Å²) in [6, 6.07) is 0. The minimum absolute atomic E-state index is 0.445. The van der Waals surface area contributed by atoms with E-state index in [4.69, 9.17) is 4.43 Å². The van der Waals surface area contributed by atoms with E-state index in [-0.39, 0.29) is 0 Å². The quantitative estimate of drug-likeness (QED) is 0.244. The first-order chi connectivity index (χ1) is 12.3. The van der Waals surface area contributed by atoms with Gasteiger partial charge >= 0.3 is 0 Å². The molecular weight excluding hydrogens is 332 g/mol. The molecule has 0 aromatic carbocycles. The number of hydrogen-bond acceptors (Lipinski definition) is 1. The largest absolute Gasteiger partial charge is 0.499 e. The minimum atomic E-state index is -1.91. The maximum Gasteiger partial charge on any atom is 0.272 e. The van der Waals surface area contributed by atoms with Gasteiger partial charge in [-0.05, 0) is 61.1 Å². The number of hydrogen-bond donors (Lipinski definition) is 0. The van der Waals surface area contributed by atoms with Gasteiger partial charge in [0, 0.05) is 11.8 Å². The molecule has 0 aromatic rings. The fraction of sp³-hybridized carbons (Fsp3) is 0.750. The van der Waals surface area contributed by atoms with E-state index in [1.54, 1.807) is 5.57 Å². The highest BCUT2D eigenvalue weighted by Gasteiger charge is 2.46. The van der Waals surface area contributed by atoms with Crippen molar-refractivity contribution in [2.45, 2.75) is 110 Å². The molecule has 0 radical (unpaired) electrons. The number of rotatable bonds is 8. The van der Waals surface area contributed by atoms with Crippen molar-refractivity contribution in [3.8, 4) is 23.9 Å². The smallest absolute Gasteiger partial charge is 0.272 e. The van der Waals surface area contributed by atoms with Crippen molar-refractivity contribution in [1.82, 2.24) is 0 Å². The van der Waals surface area contributed by atoms with Crippen LogP contribution >= 0.6 is 0 Å². The number of allylic oxidation sites excluding steroid dienone is 2. The first-order valence-electron chi connectivity index (χ1n) is 10.7. The lowest BCUT2D eigenvalue weighted by Gasteiger charge is -2.39. The van der Waals surface area contributed by atoms with Crippen LogP contribution in [0.1, 0.15) is 93.4 Å². The zero-order valence-electron chi connectivity index (χ0n) is 18.2. The Kier molecular flexibility index (Phi) is 10.2. The third kappa shape index (κ3) is 6.55. The summed E-state index contributed by atoms with van der Waals surface area (Å²) in [5.74, 6) is 9.98. The molecule has 1 nitrogen and oxygen atoms in total. The highest BCUT2D eigenvalue weighted by Crippen LogP contribution is 2.41. The van der Waals surface area contributed by atoms with Crippen molar-refractivity contribution in [2.24, 2.45) is 5.92 Å². The Morgan fingerprint density at radius 3 is 2.15 bits per heavy atom. The monoisotopic (exact) mass is 372 g/mol. The van der Waals surface area contributed by atoms with E-state index in [2.05, 4.69) is 78.4 Å². The van der Waals surface area contributed by atoms with Crippen molar-refractivity contribution in [3.63, 3.8) is 0 Å². The van der Waals surface area contributed by atoms with Crippen LogP contribution in [-0.2, 0) is 4.43 Å². The van der Waals surface area contributed by atoms with Crippen LogP contribution in [0.25, 0.3) is 0 Å². The third-order valence-corrected chi connectivity index (χ3v) is 11.7. The predicted molar refractivity (Wildman–Crippen MR) is 117 cm³/mol. The Morgan fingerprint density at radius 1 is 1.00 bits per heavy atom. The van der Waals surface area contributed by atoms with Gasteiger partial charge in [-0.15, -0.1) is 0 Å². The van der Waals surface area contributed by atoms with Gasteiger partial charge in [0.15, 0.2) is 0 Å². The topological polar surface area (TPSA) is 9.23 Å². The molecule has 0 bridgehead atoms. The second-order valence-electron chi connectivity index (χ2n) is 8.71. The molecule has 0 spiro atoms. The van der Waals surface area contributed by atoms with Gasteiger partial charge in [-0.2, -0.15) is 0 Å². The molecule has 0 N–H and O–H groups in total. The fourth-order valence-electron chi connectivity index (χ4n) is 4.61. The van der Waals surface area contributed by atoms with Crippen molar-refractivity contribution < 1.29 is 4.43 Å². The van der Waals surface area contributed by atoms with Crippen molar-refractivity contribution in [3.05, 3.63) is 11.6 Å². The summed E-state index contributed by atoms with van der Waals surface area (Å²) in [5.41, 5.74) is 3.27. The molecule has 0 heterocycles. The van der Waals surface area contributed by atoms with Gasteiger partial charge in [0.25, 0.3) is 8.32 Å². The first-order valence-corrected chi connectivity index (χ1v) is 12.8. The molecule has 0 fully saturated rings. The summed E-state index contributed by atoms with van der Waals surface area (Å²) < 4.78 is 6.27. The Morgan fingerprint density at radius 2 is 1.65 bits per heavy atom. The minimum Gasteiger partial charge on any atom is -0.499 e. The Bertz CT molecular complexity index is 541. The van der Waals surface area contributed by atoms with E-state index in [0.29, 0.717) is 22.5 Å². The zero-order chi connectivity index (χ0) is 19.6. The van der Waals surface area contributed by atoms with Gasteiger partial charge in [0.1, 0.15) is 6.11 Å². The van der Waals surface area contributed by atoms with Crippen LogP contribution in [0, 0.1) is 29.8 Å². The molecule has 0 saturated heterocycles. The predicted octanol–water partition coefficient (Wildman–Crippen LogP) is 7.45.